The SMILES string of the molecule is c1ccc(-c2cc(-c3cc(-c4cccc5c4oc4ccccc45)nc(-c4ccccc4)n3)cc(-c3cccc4c3oc3ccccc34)c2)cc1. The molecule has 0 aliphatic carbocycles. The Morgan fingerprint density at radius 2 is 0.820 bits per heavy atom. The molecule has 0 atom stereocenters. The fraction of sp³-hybridized carbons (Fsp3) is 0. The smallest absolute Gasteiger partial charge is 0.160 e. The van der Waals surface area contributed by atoms with E-state index in [4.69, 9.17) is 18.8 Å². The summed E-state index contributed by atoms with van der Waals surface area (Å²) in [5.74, 6) is 0.650. The topological polar surface area (TPSA) is 52.1 Å². The van der Waals surface area contributed by atoms with E-state index in [0.717, 1.165) is 94.2 Å². The van der Waals surface area contributed by atoms with Crippen molar-refractivity contribution >= 4 is 43.9 Å². The minimum atomic E-state index is 0.650. The van der Waals surface area contributed by atoms with Gasteiger partial charge >= 0.3 is 0 Å². The lowest BCUT2D eigenvalue weighted by Crippen LogP contribution is -1.97. The van der Waals surface area contributed by atoms with E-state index in [2.05, 4.69) is 115 Å². The van der Waals surface area contributed by atoms with Gasteiger partial charge in [-0.25, -0.2) is 9.97 Å². The maximum atomic E-state index is 6.51. The average molecular weight is 641 g/mol. The molecule has 0 spiro atoms. The number of aromatic nitrogens is 2. The minimum absolute atomic E-state index is 0.650. The highest BCUT2D eigenvalue weighted by molar-refractivity contribution is 6.11. The van der Waals surface area contributed by atoms with Crippen LogP contribution in [0.2, 0.25) is 0 Å². The number of fused-ring (bicyclic) bond motifs is 6. The normalized spacial score (nSPS) is 11.6. The molecule has 4 nitrogen and oxygen atoms in total. The second-order valence-corrected chi connectivity index (χ2v) is 12.6. The van der Waals surface area contributed by atoms with Crippen LogP contribution in [0, 0.1) is 0 Å². The van der Waals surface area contributed by atoms with E-state index < -0.39 is 0 Å². The zero-order chi connectivity index (χ0) is 33.0. The molecule has 4 heteroatoms. The lowest BCUT2D eigenvalue weighted by molar-refractivity contribution is 0.669. The molecule has 0 saturated heterocycles. The first-order chi connectivity index (χ1) is 24.8. The summed E-state index contributed by atoms with van der Waals surface area (Å²) >= 11 is 0. The van der Waals surface area contributed by atoms with Crippen molar-refractivity contribution in [3.63, 3.8) is 0 Å². The molecule has 0 fully saturated rings. The van der Waals surface area contributed by atoms with Gasteiger partial charge in [0.05, 0.1) is 11.4 Å². The summed E-state index contributed by atoms with van der Waals surface area (Å²) in [6.45, 7) is 0. The standard InChI is InChI=1S/C46H28N2O2/c1-3-13-29(14-4-1)31-25-32(34-19-11-20-37-35-17-7-9-23-42(35)49-44(34)37)27-33(26-31)40-28-41(48-46(47-40)30-15-5-2-6-16-30)39-22-12-21-38-36-18-8-10-24-43(36)50-45(38)39/h1-28H. The van der Waals surface area contributed by atoms with Gasteiger partial charge in [-0.2, -0.15) is 0 Å². The third-order valence-electron chi connectivity index (χ3n) is 9.49. The average Bonchev–Trinajstić information content (AvgIpc) is 3.77. The summed E-state index contributed by atoms with van der Waals surface area (Å²) in [4.78, 5) is 10.4. The summed E-state index contributed by atoms with van der Waals surface area (Å²) in [7, 11) is 0. The van der Waals surface area contributed by atoms with E-state index in [-0.39, 0.29) is 0 Å². The highest BCUT2D eigenvalue weighted by Crippen LogP contribution is 2.41. The predicted molar refractivity (Wildman–Crippen MR) is 204 cm³/mol. The lowest BCUT2D eigenvalue weighted by atomic mass is 9.93. The monoisotopic (exact) mass is 640 g/mol. The Balaban J connectivity index is 1.23. The Kier molecular flexibility index (Phi) is 6.46. The molecule has 0 radical (unpaired) electrons. The zero-order valence-electron chi connectivity index (χ0n) is 26.9. The van der Waals surface area contributed by atoms with Crippen LogP contribution in [0.4, 0.5) is 0 Å². The Labute approximate surface area is 287 Å². The molecule has 0 amide bonds. The molecule has 10 rings (SSSR count). The highest BCUT2D eigenvalue weighted by atomic mass is 16.3. The first-order valence-electron chi connectivity index (χ1n) is 16.7. The van der Waals surface area contributed by atoms with Gasteiger partial charge in [-0.05, 0) is 59.2 Å². The van der Waals surface area contributed by atoms with Crippen LogP contribution in [0.5, 0.6) is 0 Å². The zero-order valence-corrected chi connectivity index (χ0v) is 26.9. The van der Waals surface area contributed by atoms with E-state index in [1.807, 2.05) is 54.6 Å². The molecule has 0 saturated carbocycles. The van der Waals surface area contributed by atoms with Gasteiger partial charge in [0, 0.05) is 43.8 Å². The number of rotatable bonds is 5. The van der Waals surface area contributed by atoms with Crippen molar-refractivity contribution in [3.8, 4) is 56.2 Å². The van der Waals surface area contributed by atoms with Crippen molar-refractivity contribution in [2.45, 2.75) is 0 Å². The number of hydrogen-bond donors (Lipinski definition) is 0. The van der Waals surface area contributed by atoms with Crippen LogP contribution in [0.15, 0.2) is 179 Å². The second kappa shape index (κ2) is 11.4. The predicted octanol–water partition coefficient (Wildman–Crippen LogP) is 12.6. The molecule has 0 unspecified atom stereocenters. The molecule has 0 aliphatic heterocycles. The fourth-order valence-corrected chi connectivity index (χ4v) is 7.10. The maximum Gasteiger partial charge on any atom is 0.160 e. The molecule has 3 heterocycles. The summed E-state index contributed by atoms with van der Waals surface area (Å²) in [5.41, 5.74) is 12.2. The summed E-state index contributed by atoms with van der Waals surface area (Å²) < 4.78 is 13.0. The van der Waals surface area contributed by atoms with Crippen molar-refractivity contribution < 1.29 is 8.83 Å². The van der Waals surface area contributed by atoms with Gasteiger partial charge < -0.3 is 8.83 Å². The van der Waals surface area contributed by atoms with Gasteiger partial charge in [-0.15, -0.1) is 0 Å². The van der Waals surface area contributed by atoms with Gasteiger partial charge in [-0.3, -0.25) is 0 Å². The Bertz CT molecular complexity index is 2670. The van der Waals surface area contributed by atoms with E-state index in [1.165, 1.54) is 0 Å². The van der Waals surface area contributed by atoms with Gasteiger partial charge in [-0.1, -0.05) is 127 Å². The molecule has 0 bridgehead atoms. The molecular weight excluding hydrogens is 613 g/mol. The molecule has 0 N–H and O–H groups in total. The van der Waals surface area contributed by atoms with Crippen molar-refractivity contribution in [2.24, 2.45) is 0 Å². The Hall–Kier alpha value is -6.78. The molecule has 50 heavy (non-hydrogen) atoms. The Morgan fingerprint density at radius 1 is 0.320 bits per heavy atom. The highest BCUT2D eigenvalue weighted by Gasteiger charge is 2.19. The van der Waals surface area contributed by atoms with Crippen LogP contribution in [0.25, 0.3) is 100 Å². The molecule has 10 aromatic rings. The van der Waals surface area contributed by atoms with Crippen molar-refractivity contribution in [2.75, 3.05) is 0 Å². The molecule has 3 aromatic heterocycles. The molecule has 7 aromatic carbocycles. The van der Waals surface area contributed by atoms with Crippen LogP contribution >= 0.6 is 0 Å². The number of hydrogen-bond acceptors (Lipinski definition) is 4. The fourth-order valence-electron chi connectivity index (χ4n) is 7.10. The number of benzene rings is 7. The maximum absolute atomic E-state index is 6.51. The first-order valence-corrected chi connectivity index (χ1v) is 16.7. The third kappa shape index (κ3) is 4.69. The van der Waals surface area contributed by atoms with Crippen molar-refractivity contribution in [3.05, 3.63) is 170 Å². The van der Waals surface area contributed by atoms with Crippen LogP contribution in [-0.4, -0.2) is 9.97 Å². The van der Waals surface area contributed by atoms with Crippen LogP contribution < -0.4 is 0 Å². The van der Waals surface area contributed by atoms with Gasteiger partial charge in [0.2, 0.25) is 0 Å². The summed E-state index contributed by atoms with van der Waals surface area (Å²) in [6.07, 6.45) is 0. The second-order valence-electron chi connectivity index (χ2n) is 12.6. The molecular formula is C46H28N2O2. The van der Waals surface area contributed by atoms with Crippen LogP contribution in [-0.2, 0) is 0 Å². The van der Waals surface area contributed by atoms with Crippen LogP contribution in [0.1, 0.15) is 0 Å². The van der Waals surface area contributed by atoms with E-state index in [0.29, 0.717) is 5.82 Å². The lowest BCUT2D eigenvalue weighted by Gasteiger charge is -2.13. The summed E-state index contributed by atoms with van der Waals surface area (Å²) in [6, 6.07) is 58.5. The van der Waals surface area contributed by atoms with Gasteiger partial charge in [0.1, 0.15) is 22.3 Å². The van der Waals surface area contributed by atoms with E-state index in [9.17, 15) is 0 Å². The summed E-state index contributed by atoms with van der Waals surface area (Å²) in [5, 5.41) is 4.35. The molecule has 0 aliphatic rings. The van der Waals surface area contributed by atoms with Crippen LogP contribution in [0.3, 0.4) is 0 Å². The first kappa shape index (κ1) is 28.3. The third-order valence-corrected chi connectivity index (χ3v) is 9.49. The van der Waals surface area contributed by atoms with E-state index in [1.54, 1.807) is 0 Å². The number of nitrogens with zero attached hydrogens (tertiary/aromatic N) is 2. The number of para-hydroxylation sites is 4. The number of furan rings is 2. The molecule has 234 valence electrons. The Morgan fingerprint density at radius 3 is 1.50 bits per heavy atom. The quantitative estimate of drug-likeness (QED) is 0.188. The largest absolute Gasteiger partial charge is 0.455 e. The van der Waals surface area contributed by atoms with Crippen molar-refractivity contribution in [1.29, 1.82) is 0 Å². The van der Waals surface area contributed by atoms with Gasteiger partial charge in [0.25, 0.3) is 0 Å². The van der Waals surface area contributed by atoms with E-state index >= 15 is 0 Å². The minimum Gasteiger partial charge on any atom is -0.455 e. The van der Waals surface area contributed by atoms with Gasteiger partial charge in [0.15, 0.2) is 5.82 Å². The van der Waals surface area contributed by atoms with Crippen molar-refractivity contribution in [1.82, 2.24) is 9.97 Å².